The summed E-state index contributed by atoms with van der Waals surface area (Å²) in [6.45, 7) is 2.92. The molecule has 1 saturated heterocycles. The smallest absolute Gasteiger partial charge is 0.341 e. The Morgan fingerprint density at radius 3 is 2.50 bits per heavy atom. The SMILES string of the molecule is CC(NC(=O)c1cc2cc(C(F)(F)P(=O)(O)O)ccc2s1)C(=O)N1CCCC1. The summed E-state index contributed by atoms with van der Waals surface area (Å²) in [5, 5.41) is 2.87. The molecule has 0 saturated carbocycles. The van der Waals surface area contributed by atoms with Crippen LogP contribution in [0.1, 0.15) is 35.0 Å². The van der Waals surface area contributed by atoms with E-state index in [9.17, 15) is 22.9 Å². The highest BCUT2D eigenvalue weighted by molar-refractivity contribution is 7.52. The maximum absolute atomic E-state index is 13.9. The molecular weight excluding hydrogens is 413 g/mol. The lowest BCUT2D eigenvalue weighted by Crippen LogP contribution is -2.45. The van der Waals surface area contributed by atoms with Crippen LogP contribution in [0.15, 0.2) is 24.3 Å². The molecule has 3 N–H and O–H groups in total. The van der Waals surface area contributed by atoms with Gasteiger partial charge in [-0.15, -0.1) is 11.3 Å². The molecule has 0 aliphatic carbocycles. The fourth-order valence-corrected chi connectivity index (χ4v) is 4.47. The summed E-state index contributed by atoms with van der Waals surface area (Å²) in [6.07, 6.45) is 1.87. The molecule has 1 aromatic heterocycles. The Morgan fingerprint density at radius 2 is 1.89 bits per heavy atom. The molecule has 0 bridgehead atoms. The van der Waals surface area contributed by atoms with E-state index in [2.05, 4.69) is 5.32 Å². The number of hydrogen-bond donors (Lipinski definition) is 3. The normalized spacial score (nSPS) is 16.4. The number of nitrogens with zero attached hydrogens (tertiary/aromatic N) is 1. The summed E-state index contributed by atoms with van der Waals surface area (Å²) >= 11 is 1.04. The molecule has 2 aromatic rings. The number of alkyl halides is 2. The van der Waals surface area contributed by atoms with Crippen LogP contribution in [0.3, 0.4) is 0 Å². The van der Waals surface area contributed by atoms with E-state index < -0.39 is 30.8 Å². The average molecular weight is 432 g/mol. The van der Waals surface area contributed by atoms with Gasteiger partial charge in [-0.25, -0.2) is 0 Å². The molecule has 11 heteroatoms. The minimum Gasteiger partial charge on any atom is -0.341 e. The first-order chi connectivity index (χ1) is 13.0. The summed E-state index contributed by atoms with van der Waals surface area (Å²) in [4.78, 5) is 44.4. The zero-order valence-corrected chi connectivity index (χ0v) is 16.6. The van der Waals surface area contributed by atoms with Gasteiger partial charge in [0.2, 0.25) is 5.91 Å². The van der Waals surface area contributed by atoms with Crippen molar-refractivity contribution in [3.05, 3.63) is 34.7 Å². The van der Waals surface area contributed by atoms with Gasteiger partial charge in [-0.2, -0.15) is 8.78 Å². The van der Waals surface area contributed by atoms with Crippen molar-refractivity contribution >= 4 is 40.8 Å². The third kappa shape index (κ3) is 3.96. The Kier molecular flexibility index (Phi) is 5.60. The van der Waals surface area contributed by atoms with Crippen molar-refractivity contribution in [1.82, 2.24) is 10.2 Å². The molecule has 1 aromatic carbocycles. The van der Waals surface area contributed by atoms with Crippen LogP contribution in [0.4, 0.5) is 8.78 Å². The topological polar surface area (TPSA) is 107 Å². The number of amides is 2. The average Bonchev–Trinajstić information content (AvgIpc) is 3.28. The molecule has 3 rings (SSSR count). The summed E-state index contributed by atoms with van der Waals surface area (Å²) < 4.78 is 39.3. The fraction of sp³-hybridized carbons (Fsp3) is 0.412. The summed E-state index contributed by atoms with van der Waals surface area (Å²) in [5.74, 6) is -0.680. The van der Waals surface area contributed by atoms with Crippen molar-refractivity contribution < 1.29 is 32.7 Å². The number of hydrogen-bond acceptors (Lipinski definition) is 4. The number of rotatable bonds is 5. The number of carbonyl (C=O) groups excluding carboxylic acids is 2. The molecule has 0 spiro atoms. The molecule has 0 radical (unpaired) electrons. The molecule has 7 nitrogen and oxygen atoms in total. The van der Waals surface area contributed by atoms with Crippen molar-refractivity contribution in [2.45, 2.75) is 31.5 Å². The van der Waals surface area contributed by atoms with Crippen LogP contribution in [-0.4, -0.2) is 45.6 Å². The van der Waals surface area contributed by atoms with Gasteiger partial charge in [-0.3, -0.25) is 14.2 Å². The number of benzene rings is 1. The lowest BCUT2D eigenvalue weighted by atomic mass is 10.1. The summed E-state index contributed by atoms with van der Waals surface area (Å²) in [5.41, 5.74) is -5.14. The van der Waals surface area contributed by atoms with Crippen LogP contribution in [-0.2, 0) is 15.0 Å². The maximum atomic E-state index is 13.9. The van der Waals surface area contributed by atoms with E-state index in [-0.39, 0.29) is 16.2 Å². The van der Waals surface area contributed by atoms with Crippen LogP contribution >= 0.6 is 18.9 Å². The van der Waals surface area contributed by atoms with E-state index in [4.69, 9.17) is 9.79 Å². The van der Waals surface area contributed by atoms with Crippen molar-refractivity contribution in [1.29, 1.82) is 0 Å². The molecule has 1 unspecified atom stereocenters. The Morgan fingerprint density at radius 1 is 1.25 bits per heavy atom. The van der Waals surface area contributed by atoms with Crippen LogP contribution in [0.2, 0.25) is 0 Å². The van der Waals surface area contributed by atoms with Gasteiger partial charge in [0, 0.05) is 23.4 Å². The Bertz CT molecular complexity index is 968. The van der Waals surface area contributed by atoms with Gasteiger partial charge in [0.15, 0.2) is 0 Å². The Hall–Kier alpha value is -1.87. The van der Waals surface area contributed by atoms with Crippen molar-refractivity contribution in [3.8, 4) is 0 Å². The lowest BCUT2D eigenvalue weighted by molar-refractivity contribution is -0.131. The minimum atomic E-state index is -5.67. The highest BCUT2D eigenvalue weighted by atomic mass is 32.1. The van der Waals surface area contributed by atoms with Crippen molar-refractivity contribution in [3.63, 3.8) is 0 Å². The minimum absolute atomic E-state index is 0.171. The highest BCUT2D eigenvalue weighted by Crippen LogP contribution is 2.59. The van der Waals surface area contributed by atoms with E-state index in [1.54, 1.807) is 11.8 Å². The molecule has 1 fully saturated rings. The van der Waals surface area contributed by atoms with E-state index in [1.165, 1.54) is 12.1 Å². The standard InChI is InChI=1S/C17H19F2N2O5PS/c1-10(16(23)21-6-2-3-7-21)20-15(22)14-9-11-8-12(4-5-13(11)28-14)17(18,19)27(24,25)26/h4-5,8-10H,2-3,6-7H2,1H3,(H,20,22)(H2,24,25,26). The van der Waals surface area contributed by atoms with E-state index in [1.807, 2.05) is 0 Å². The predicted octanol–water partition coefficient (Wildman–Crippen LogP) is 2.87. The van der Waals surface area contributed by atoms with Crippen LogP contribution in [0, 0.1) is 0 Å². The zero-order chi connectivity index (χ0) is 20.7. The van der Waals surface area contributed by atoms with Crippen molar-refractivity contribution in [2.75, 3.05) is 13.1 Å². The first-order valence-electron chi connectivity index (χ1n) is 8.58. The monoisotopic (exact) mass is 432 g/mol. The van der Waals surface area contributed by atoms with E-state index in [0.717, 1.165) is 36.3 Å². The number of carbonyl (C=O) groups is 2. The van der Waals surface area contributed by atoms with Crippen LogP contribution < -0.4 is 5.32 Å². The van der Waals surface area contributed by atoms with Gasteiger partial charge in [0.25, 0.3) is 5.91 Å². The van der Waals surface area contributed by atoms with Gasteiger partial charge in [-0.05, 0) is 43.4 Å². The molecule has 28 heavy (non-hydrogen) atoms. The molecular formula is C17H19F2N2O5PS. The van der Waals surface area contributed by atoms with Crippen molar-refractivity contribution in [2.24, 2.45) is 0 Å². The van der Waals surface area contributed by atoms with Gasteiger partial charge in [-0.1, -0.05) is 6.07 Å². The van der Waals surface area contributed by atoms with Gasteiger partial charge >= 0.3 is 13.3 Å². The Balaban J connectivity index is 1.79. The summed E-state index contributed by atoms with van der Waals surface area (Å²) in [6, 6.07) is 3.82. The number of fused-ring (bicyclic) bond motifs is 1. The fourth-order valence-electron chi connectivity index (χ4n) is 3.05. The second-order valence-electron chi connectivity index (χ2n) is 6.68. The molecule has 2 amide bonds. The molecule has 1 aliphatic heterocycles. The molecule has 1 aliphatic rings. The zero-order valence-electron chi connectivity index (χ0n) is 14.9. The molecule has 1 atom stereocenters. The van der Waals surface area contributed by atoms with Gasteiger partial charge in [0.05, 0.1) is 4.88 Å². The summed E-state index contributed by atoms with van der Waals surface area (Å²) in [7, 11) is -5.67. The predicted molar refractivity (Wildman–Crippen MR) is 101 cm³/mol. The third-order valence-corrected chi connectivity index (χ3v) is 6.69. The quantitative estimate of drug-likeness (QED) is 0.630. The second-order valence-corrected chi connectivity index (χ2v) is 9.41. The highest BCUT2D eigenvalue weighted by Gasteiger charge is 2.50. The number of halogens is 2. The van der Waals surface area contributed by atoms with Crippen LogP contribution in [0.5, 0.6) is 0 Å². The molecule has 152 valence electrons. The molecule has 2 heterocycles. The van der Waals surface area contributed by atoms with E-state index >= 15 is 0 Å². The first-order valence-corrected chi connectivity index (χ1v) is 11.0. The largest absolute Gasteiger partial charge is 0.399 e. The number of nitrogens with one attached hydrogen (secondary N) is 1. The number of thiophene rings is 1. The van der Waals surface area contributed by atoms with Gasteiger partial charge in [0.1, 0.15) is 6.04 Å². The van der Waals surface area contributed by atoms with E-state index in [0.29, 0.717) is 17.8 Å². The second kappa shape index (κ2) is 7.51. The third-order valence-electron chi connectivity index (χ3n) is 4.59. The Labute approximate surface area is 163 Å². The maximum Gasteiger partial charge on any atom is 0.399 e. The van der Waals surface area contributed by atoms with Crippen LogP contribution in [0.25, 0.3) is 10.1 Å². The number of likely N-dealkylation sites (tertiary alicyclic amines) is 1. The van der Waals surface area contributed by atoms with Gasteiger partial charge < -0.3 is 20.0 Å². The lowest BCUT2D eigenvalue weighted by Gasteiger charge is -2.20. The first kappa shape index (κ1) is 20.9.